The number of nitrogens with one attached hydrogen (secondary N) is 1. The monoisotopic (exact) mass is 483 g/mol. The molecule has 1 aromatic carbocycles. The Morgan fingerprint density at radius 3 is 2.85 bits per heavy atom. The van der Waals surface area contributed by atoms with Crippen LogP contribution in [0.4, 0.5) is 10.3 Å². The number of fused-ring (bicyclic) bond motifs is 2. The predicted octanol–water partition coefficient (Wildman–Crippen LogP) is 4.94. The number of aryl methyl sites for hydroxylation is 2. The van der Waals surface area contributed by atoms with Gasteiger partial charge in [0.1, 0.15) is 11.3 Å². The third-order valence-corrected chi connectivity index (χ3v) is 6.42. The van der Waals surface area contributed by atoms with Crippen LogP contribution in [0.25, 0.3) is 22.3 Å². The second-order valence-electron chi connectivity index (χ2n) is 8.96. The van der Waals surface area contributed by atoms with Crippen molar-refractivity contribution in [3.8, 4) is 11.3 Å². The van der Waals surface area contributed by atoms with Crippen molar-refractivity contribution in [1.82, 2.24) is 29.3 Å². The first-order valence-corrected chi connectivity index (χ1v) is 11.7. The quantitative estimate of drug-likeness (QED) is 0.418. The van der Waals surface area contributed by atoms with E-state index in [1.807, 2.05) is 36.1 Å². The molecule has 0 saturated carbocycles. The molecule has 1 unspecified atom stereocenters. The third-order valence-electron chi connectivity index (χ3n) is 6.14. The molecular formula is C24H27ClFN7O. The van der Waals surface area contributed by atoms with Crippen molar-refractivity contribution in [2.24, 2.45) is 0 Å². The maximum absolute atomic E-state index is 15.0. The van der Waals surface area contributed by atoms with Crippen molar-refractivity contribution in [3.05, 3.63) is 52.4 Å². The third kappa shape index (κ3) is 4.14. The molecular weight excluding hydrogens is 457 g/mol. The summed E-state index contributed by atoms with van der Waals surface area (Å²) in [6.45, 7) is 7.28. The molecule has 4 heterocycles. The molecule has 1 N–H and O–H groups in total. The summed E-state index contributed by atoms with van der Waals surface area (Å²) < 4.78 is 24.2. The van der Waals surface area contributed by atoms with Crippen LogP contribution < -0.4 is 5.32 Å². The van der Waals surface area contributed by atoms with Gasteiger partial charge in [-0.3, -0.25) is 4.68 Å². The summed E-state index contributed by atoms with van der Waals surface area (Å²) in [7, 11) is 1.67. The zero-order valence-electron chi connectivity index (χ0n) is 19.6. The van der Waals surface area contributed by atoms with E-state index in [0.717, 1.165) is 42.1 Å². The van der Waals surface area contributed by atoms with Crippen LogP contribution in [0.2, 0.25) is 5.02 Å². The molecule has 0 fully saturated rings. The fraction of sp³-hybridized carbons (Fsp3) is 0.417. The van der Waals surface area contributed by atoms with Crippen LogP contribution in [0.15, 0.2) is 24.4 Å². The van der Waals surface area contributed by atoms with E-state index < -0.39 is 5.82 Å². The van der Waals surface area contributed by atoms with E-state index in [2.05, 4.69) is 31.4 Å². The summed E-state index contributed by atoms with van der Waals surface area (Å²) in [4.78, 5) is 13.5. The van der Waals surface area contributed by atoms with Gasteiger partial charge >= 0.3 is 0 Å². The van der Waals surface area contributed by atoms with E-state index >= 15 is 0 Å². The molecule has 1 aliphatic heterocycles. The van der Waals surface area contributed by atoms with Crippen molar-refractivity contribution in [1.29, 1.82) is 0 Å². The van der Waals surface area contributed by atoms with Crippen molar-refractivity contribution in [2.75, 3.05) is 12.4 Å². The Balaban J connectivity index is 1.44. The highest BCUT2D eigenvalue weighted by Gasteiger charge is 2.22. The fourth-order valence-electron chi connectivity index (χ4n) is 4.73. The van der Waals surface area contributed by atoms with Gasteiger partial charge in [0.05, 0.1) is 34.7 Å². The molecule has 1 atom stereocenters. The van der Waals surface area contributed by atoms with Gasteiger partial charge in [-0.05, 0) is 45.4 Å². The van der Waals surface area contributed by atoms with Gasteiger partial charge in [0.25, 0.3) is 0 Å². The lowest BCUT2D eigenvalue weighted by molar-refractivity contribution is 0.180. The average molecular weight is 484 g/mol. The molecule has 0 bridgehead atoms. The number of imidazole rings is 1. The summed E-state index contributed by atoms with van der Waals surface area (Å²) in [5, 5.41) is 8.36. The molecule has 4 aromatic rings. The minimum absolute atomic E-state index is 0.141. The highest BCUT2D eigenvalue weighted by Crippen LogP contribution is 2.32. The normalized spacial score (nSPS) is 15.8. The second kappa shape index (κ2) is 8.96. The topological polar surface area (TPSA) is 82.7 Å². The summed E-state index contributed by atoms with van der Waals surface area (Å²) in [6.07, 6.45) is 3.24. The van der Waals surface area contributed by atoms with E-state index in [1.165, 1.54) is 6.07 Å². The first-order valence-electron chi connectivity index (χ1n) is 11.4. The van der Waals surface area contributed by atoms with E-state index in [1.54, 1.807) is 13.3 Å². The van der Waals surface area contributed by atoms with E-state index in [-0.39, 0.29) is 12.1 Å². The minimum Gasteiger partial charge on any atom is -0.378 e. The van der Waals surface area contributed by atoms with E-state index in [0.29, 0.717) is 34.4 Å². The number of hydrogen-bond acceptors (Lipinski definition) is 6. The van der Waals surface area contributed by atoms with Crippen LogP contribution >= 0.6 is 11.6 Å². The predicted molar refractivity (Wildman–Crippen MR) is 130 cm³/mol. The zero-order chi connectivity index (χ0) is 24.0. The molecule has 0 radical (unpaired) electrons. The Labute approximate surface area is 202 Å². The Morgan fingerprint density at radius 2 is 2.09 bits per heavy atom. The van der Waals surface area contributed by atoms with Crippen molar-refractivity contribution in [2.45, 2.75) is 58.8 Å². The number of hydrogen-bond donors (Lipinski definition) is 1. The van der Waals surface area contributed by atoms with Gasteiger partial charge < -0.3 is 14.6 Å². The number of halogens is 2. The molecule has 1 aliphatic rings. The largest absolute Gasteiger partial charge is 0.378 e. The Hall–Kier alpha value is -3.04. The number of methoxy groups -OCH3 is 1. The molecule has 0 saturated heterocycles. The molecule has 0 aliphatic carbocycles. The molecule has 0 spiro atoms. The van der Waals surface area contributed by atoms with Gasteiger partial charge in [0, 0.05) is 43.4 Å². The Bertz CT molecular complexity index is 1360. The van der Waals surface area contributed by atoms with E-state index in [9.17, 15) is 4.39 Å². The highest BCUT2D eigenvalue weighted by atomic mass is 35.5. The summed E-state index contributed by atoms with van der Waals surface area (Å²) >= 11 is 6.46. The summed E-state index contributed by atoms with van der Waals surface area (Å²) in [6, 6.07) is 5.70. The number of benzene rings is 1. The van der Waals surface area contributed by atoms with Crippen molar-refractivity contribution >= 4 is 28.6 Å². The number of nitrogens with zero attached hydrogens (tertiary/aromatic N) is 6. The SMILES string of the molecule is COCc1cc2n(n1)CCC(Nc1ncc(Cl)c(-c3cc(F)c4nc(C)n(C(C)C)c4c3)n1)C2. The molecule has 34 heavy (non-hydrogen) atoms. The van der Waals surface area contributed by atoms with Crippen LogP contribution in [-0.2, 0) is 24.3 Å². The second-order valence-corrected chi connectivity index (χ2v) is 9.36. The molecule has 0 amide bonds. The van der Waals surface area contributed by atoms with Gasteiger partial charge in [-0.15, -0.1) is 0 Å². The van der Waals surface area contributed by atoms with Crippen LogP contribution in [-0.4, -0.2) is 42.5 Å². The standard InChI is InChI=1S/C24H27ClFN7O/c1-13(2)33-14(3)28-23-20(26)7-15(8-21(23)33)22-19(25)11-27-24(30-22)29-16-5-6-32-18(9-16)10-17(31-32)12-34-4/h7-8,10-11,13,16H,5-6,9,12H2,1-4H3,(H,27,29,30). The van der Waals surface area contributed by atoms with Crippen LogP contribution in [0.3, 0.4) is 0 Å². The van der Waals surface area contributed by atoms with Crippen LogP contribution in [0.1, 0.15) is 43.5 Å². The van der Waals surface area contributed by atoms with Gasteiger partial charge in [0.15, 0.2) is 5.82 Å². The number of rotatable bonds is 6. The van der Waals surface area contributed by atoms with Gasteiger partial charge in [0.2, 0.25) is 5.95 Å². The lowest BCUT2D eigenvalue weighted by atomic mass is 10.0. The highest BCUT2D eigenvalue weighted by molar-refractivity contribution is 6.33. The summed E-state index contributed by atoms with van der Waals surface area (Å²) in [5.74, 6) is 0.831. The molecule has 8 nitrogen and oxygen atoms in total. The zero-order valence-corrected chi connectivity index (χ0v) is 20.4. The lowest BCUT2D eigenvalue weighted by Crippen LogP contribution is -2.31. The average Bonchev–Trinajstić information content (AvgIpc) is 3.34. The molecule has 178 valence electrons. The maximum Gasteiger partial charge on any atom is 0.223 e. The van der Waals surface area contributed by atoms with Crippen LogP contribution in [0.5, 0.6) is 0 Å². The van der Waals surface area contributed by atoms with Crippen molar-refractivity contribution in [3.63, 3.8) is 0 Å². The molecule has 10 heteroatoms. The molecule has 3 aromatic heterocycles. The fourth-order valence-corrected chi connectivity index (χ4v) is 4.93. The molecule has 5 rings (SSSR count). The van der Waals surface area contributed by atoms with Crippen molar-refractivity contribution < 1.29 is 9.13 Å². The minimum atomic E-state index is -0.397. The van der Waals surface area contributed by atoms with Gasteiger partial charge in [-0.1, -0.05) is 11.6 Å². The Kier molecular flexibility index (Phi) is 5.99. The van der Waals surface area contributed by atoms with Gasteiger partial charge in [-0.2, -0.15) is 5.10 Å². The first-order chi connectivity index (χ1) is 16.3. The Morgan fingerprint density at radius 1 is 1.26 bits per heavy atom. The number of anilines is 1. The first kappa shape index (κ1) is 22.7. The lowest BCUT2D eigenvalue weighted by Gasteiger charge is -2.24. The van der Waals surface area contributed by atoms with Gasteiger partial charge in [-0.25, -0.2) is 19.3 Å². The number of ether oxygens (including phenoxy) is 1. The smallest absolute Gasteiger partial charge is 0.223 e. The summed E-state index contributed by atoms with van der Waals surface area (Å²) in [5.41, 5.74) is 4.22. The number of aromatic nitrogens is 6. The maximum atomic E-state index is 15.0. The van der Waals surface area contributed by atoms with Crippen LogP contribution in [0, 0.1) is 12.7 Å². The van der Waals surface area contributed by atoms with E-state index in [4.69, 9.17) is 16.3 Å².